The molecule has 0 saturated carbocycles. The molecule has 4 aromatic rings. The summed E-state index contributed by atoms with van der Waals surface area (Å²) in [5.41, 5.74) is 2.48. The molecule has 0 spiro atoms. The minimum atomic E-state index is -4.42. The van der Waals surface area contributed by atoms with Crippen molar-refractivity contribution in [1.29, 1.82) is 0 Å². The van der Waals surface area contributed by atoms with Crippen LogP contribution in [-0.4, -0.2) is 64.9 Å². The van der Waals surface area contributed by atoms with E-state index in [1.165, 1.54) is 28.7 Å². The van der Waals surface area contributed by atoms with E-state index in [9.17, 15) is 22.8 Å². The van der Waals surface area contributed by atoms with Gasteiger partial charge in [-0.15, -0.1) is 22.7 Å². The Morgan fingerprint density at radius 2 is 1.77 bits per heavy atom. The van der Waals surface area contributed by atoms with Crippen molar-refractivity contribution in [2.75, 3.05) is 26.2 Å². The number of alkyl halides is 3. The highest BCUT2D eigenvalue weighted by atomic mass is 35.5. The first-order valence-electron chi connectivity index (χ1n) is 12.3. The maximum Gasteiger partial charge on any atom is 0.416 e. The minimum Gasteiger partial charge on any atom is -0.336 e. The molecule has 1 atom stereocenters. The fourth-order valence-electron chi connectivity index (χ4n) is 5.05. The van der Waals surface area contributed by atoms with Crippen LogP contribution in [0.2, 0.25) is 5.02 Å². The summed E-state index contributed by atoms with van der Waals surface area (Å²) in [6.45, 7) is 2.35. The molecule has 1 N–H and O–H groups in total. The van der Waals surface area contributed by atoms with Gasteiger partial charge in [-0.3, -0.25) is 9.59 Å². The molecule has 0 aliphatic carbocycles. The zero-order chi connectivity index (χ0) is 27.3. The van der Waals surface area contributed by atoms with Crippen LogP contribution in [-0.2, 0) is 6.18 Å². The van der Waals surface area contributed by atoms with E-state index in [-0.39, 0.29) is 23.9 Å². The van der Waals surface area contributed by atoms with Gasteiger partial charge >= 0.3 is 6.18 Å². The molecule has 2 aliphatic heterocycles. The van der Waals surface area contributed by atoms with E-state index in [0.29, 0.717) is 58.3 Å². The van der Waals surface area contributed by atoms with Crippen LogP contribution in [0.1, 0.15) is 32.1 Å². The topological polar surface area (TPSA) is 65.5 Å². The van der Waals surface area contributed by atoms with Crippen molar-refractivity contribution in [2.45, 2.75) is 24.7 Å². The lowest BCUT2D eigenvalue weighted by Crippen LogP contribution is -2.62. The Labute approximate surface area is 235 Å². The molecule has 2 saturated heterocycles. The van der Waals surface area contributed by atoms with Crippen LogP contribution in [0.4, 0.5) is 13.2 Å². The molecule has 2 aromatic carbocycles. The Hall–Kier alpha value is -2.99. The zero-order valence-electron chi connectivity index (χ0n) is 20.4. The van der Waals surface area contributed by atoms with Crippen LogP contribution in [0.3, 0.4) is 0 Å². The lowest BCUT2D eigenvalue weighted by molar-refractivity contribution is -0.137. The summed E-state index contributed by atoms with van der Waals surface area (Å²) >= 11 is 9.23. The summed E-state index contributed by atoms with van der Waals surface area (Å²) in [4.78, 5) is 33.8. The van der Waals surface area contributed by atoms with Crippen LogP contribution < -0.4 is 5.32 Å². The second-order valence-electron chi connectivity index (χ2n) is 9.72. The van der Waals surface area contributed by atoms with Gasteiger partial charge < -0.3 is 15.1 Å². The van der Waals surface area contributed by atoms with Crippen molar-refractivity contribution in [3.05, 3.63) is 74.5 Å². The van der Waals surface area contributed by atoms with Crippen LogP contribution in [0.15, 0.2) is 53.4 Å². The number of hydrogen-bond donors (Lipinski definition) is 1. The molecule has 12 heteroatoms. The van der Waals surface area contributed by atoms with E-state index in [0.717, 1.165) is 23.3 Å². The Bertz CT molecular complexity index is 1550. The first-order valence-corrected chi connectivity index (χ1v) is 14.4. The average molecular weight is 591 g/mol. The molecule has 39 heavy (non-hydrogen) atoms. The Morgan fingerprint density at radius 1 is 1.00 bits per heavy atom. The Kier molecular flexibility index (Phi) is 6.86. The largest absolute Gasteiger partial charge is 0.416 e. The van der Waals surface area contributed by atoms with Crippen molar-refractivity contribution >= 4 is 56.2 Å². The van der Waals surface area contributed by atoms with Gasteiger partial charge in [0, 0.05) is 53.7 Å². The van der Waals surface area contributed by atoms with Gasteiger partial charge in [-0.1, -0.05) is 35.9 Å². The minimum absolute atomic E-state index is 0.0541. The first kappa shape index (κ1) is 26.2. The number of amides is 2. The smallest absolute Gasteiger partial charge is 0.336 e. The molecule has 202 valence electrons. The highest BCUT2D eigenvalue weighted by Crippen LogP contribution is 2.39. The summed E-state index contributed by atoms with van der Waals surface area (Å²) in [7, 11) is 0. The van der Waals surface area contributed by atoms with Crippen LogP contribution in [0, 0.1) is 0 Å². The second kappa shape index (κ2) is 10.2. The molecule has 0 unspecified atom stereocenters. The number of benzene rings is 2. The van der Waals surface area contributed by atoms with E-state index in [1.807, 2.05) is 0 Å². The number of nitrogens with zero attached hydrogens (tertiary/aromatic N) is 3. The number of aromatic nitrogens is 1. The molecule has 0 radical (unpaired) electrons. The molecule has 4 heterocycles. The summed E-state index contributed by atoms with van der Waals surface area (Å²) in [6, 6.07) is 10.7. The van der Waals surface area contributed by atoms with E-state index in [1.54, 1.807) is 45.0 Å². The number of thiazole rings is 1. The predicted octanol–water partition coefficient (Wildman–Crippen LogP) is 6.03. The maximum absolute atomic E-state index is 13.2. The number of halogens is 4. The van der Waals surface area contributed by atoms with Crippen molar-refractivity contribution < 1.29 is 22.8 Å². The van der Waals surface area contributed by atoms with Crippen LogP contribution in [0.25, 0.3) is 21.2 Å². The monoisotopic (exact) mass is 590 g/mol. The summed E-state index contributed by atoms with van der Waals surface area (Å²) in [5.74, 6) is -0.215. The molecule has 6 rings (SSSR count). The maximum atomic E-state index is 13.2. The van der Waals surface area contributed by atoms with Gasteiger partial charge in [0.05, 0.1) is 16.1 Å². The van der Waals surface area contributed by atoms with Gasteiger partial charge in [0.25, 0.3) is 11.8 Å². The summed E-state index contributed by atoms with van der Waals surface area (Å²) in [6.07, 6.45) is -3.58. The van der Waals surface area contributed by atoms with Crippen molar-refractivity contribution in [3.8, 4) is 11.1 Å². The number of thiophene rings is 1. The molecule has 2 aliphatic rings. The standard InChI is InChI=1S/C27H22ClF3N4O2S2/c28-23-20-5-4-16(15-2-1-3-17(8-15)27(29,30)31)9-22(20)39-24(23)26(37)35-11-19(12-35)33-18-6-7-34(10-18)25(36)21-13-38-14-32-21/h1-5,8-9,13-14,18-19,33H,6-7,10-12H2/t18-/m0/s1. The lowest BCUT2D eigenvalue weighted by Gasteiger charge is -2.41. The Morgan fingerprint density at radius 3 is 2.51 bits per heavy atom. The molecular formula is C27H22ClF3N4O2S2. The Balaban J connectivity index is 1.09. The van der Waals surface area contributed by atoms with Gasteiger partial charge in [-0.25, -0.2) is 4.98 Å². The quantitative estimate of drug-likeness (QED) is 0.308. The highest BCUT2D eigenvalue weighted by molar-refractivity contribution is 7.21. The number of hydrogen-bond acceptors (Lipinski definition) is 6. The van der Waals surface area contributed by atoms with E-state index >= 15 is 0 Å². The lowest BCUT2D eigenvalue weighted by atomic mass is 10.0. The third-order valence-electron chi connectivity index (χ3n) is 7.11. The molecule has 2 amide bonds. The number of fused-ring (bicyclic) bond motifs is 1. The normalized spacial score (nSPS) is 18.1. The molecule has 2 aromatic heterocycles. The van der Waals surface area contributed by atoms with Crippen molar-refractivity contribution in [1.82, 2.24) is 20.1 Å². The third-order valence-corrected chi connectivity index (χ3v) is 9.35. The molecular weight excluding hydrogens is 569 g/mol. The van der Waals surface area contributed by atoms with E-state index < -0.39 is 11.7 Å². The van der Waals surface area contributed by atoms with Crippen LogP contribution >= 0.6 is 34.3 Å². The van der Waals surface area contributed by atoms with Gasteiger partial charge in [-0.2, -0.15) is 13.2 Å². The SMILES string of the molecule is O=C(c1cscn1)N1CC[C@H](NC2CN(C(=O)c3sc4cc(-c5cccc(C(F)(F)F)c5)ccc4c3Cl)C2)C1. The van der Waals surface area contributed by atoms with E-state index in [4.69, 9.17) is 11.6 Å². The fraction of sp³-hybridized carbons (Fsp3) is 0.296. The van der Waals surface area contributed by atoms with Crippen LogP contribution in [0.5, 0.6) is 0 Å². The zero-order valence-corrected chi connectivity index (χ0v) is 22.8. The van der Waals surface area contributed by atoms with Gasteiger partial charge in [0.15, 0.2) is 0 Å². The van der Waals surface area contributed by atoms with Gasteiger partial charge in [0.2, 0.25) is 0 Å². The number of nitrogens with one attached hydrogen (secondary N) is 1. The van der Waals surface area contributed by atoms with Crippen molar-refractivity contribution in [2.24, 2.45) is 0 Å². The number of rotatable bonds is 5. The van der Waals surface area contributed by atoms with Gasteiger partial charge in [-0.05, 0) is 35.7 Å². The number of carbonyl (C=O) groups excluding carboxylic acids is 2. The highest BCUT2D eigenvalue weighted by Gasteiger charge is 2.37. The number of carbonyl (C=O) groups is 2. The summed E-state index contributed by atoms with van der Waals surface area (Å²) < 4.78 is 40.2. The van der Waals surface area contributed by atoms with E-state index in [2.05, 4.69) is 10.3 Å². The third kappa shape index (κ3) is 5.16. The molecule has 0 bridgehead atoms. The van der Waals surface area contributed by atoms with Gasteiger partial charge in [0.1, 0.15) is 10.6 Å². The second-order valence-corrected chi connectivity index (χ2v) is 11.9. The fourth-order valence-corrected chi connectivity index (χ4v) is 7.09. The predicted molar refractivity (Wildman–Crippen MR) is 147 cm³/mol. The summed E-state index contributed by atoms with van der Waals surface area (Å²) in [5, 5.41) is 6.36. The molecule has 6 nitrogen and oxygen atoms in total. The number of likely N-dealkylation sites (tertiary alicyclic amines) is 2. The first-order chi connectivity index (χ1) is 18.7. The molecule has 2 fully saturated rings. The average Bonchev–Trinajstić information content (AvgIpc) is 3.66. The van der Waals surface area contributed by atoms with Crippen molar-refractivity contribution in [3.63, 3.8) is 0 Å².